The van der Waals surface area contributed by atoms with Crippen LogP contribution in [0.1, 0.15) is 56.9 Å². The van der Waals surface area contributed by atoms with Gasteiger partial charge < -0.3 is 4.84 Å². The molecule has 1 aromatic carbocycles. The van der Waals surface area contributed by atoms with E-state index in [1.165, 1.54) is 32.1 Å². The van der Waals surface area contributed by atoms with Gasteiger partial charge in [-0.15, -0.1) is 0 Å². The number of halogens is 1. The van der Waals surface area contributed by atoms with Crippen LogP contribution in [0.4, 0.5) is 0 Å². The Bertz CT molecular complexity index is 849. The maximum absolute atomic E-state index is 13.3. The van der Waals surface area contributed by atoms with E-state index in [-0.39, 0.29) is 0 Å². The minimum absolute atomic E-state index is 0.290. The van der Waals surface area contributed by atoms with Crippen LogP contribution in [0.3, 0.4) is 0 Å². The topological polar surface area (TPSA) is 59.0 Å². The lowest BCUT2D eigenvalue weighted by molar-refractivity contribution is -0.0521. The van der Waals surface area contributed by atoms with Crippen molar-refractivity contribution < 1.29 is 13.3 Å². The van der Waals surface area contributed by atoms with Crippen molar-refractivity contribution in [3.05, 3.63) is 28.8 Å². The summed E-state index contributed by atoms with van der Waals surface area (Å²) < 4.78 is 28.1. The van der Waals surface area contributed by atoms with E-state index < -0.39 is 15.6 Å². The first-order chi connectivity index (χ1) is 12.9. The van der Waals surface area contributed by atoms with Crippen molar-refractivity contribution in [1.82, 2.24) is 4.31 Å². The van der Waals surface area contributed by atoms with Crippen LogP contribution >= 0.6 is 11.6 Å². The molecule has 2 heterocycles. The number of oxime groups is 1. The first-order valence-corrected chi connectivity index (χ1v) is 11.7. The van der Waals surface area contributed by atoms with E-state index in [9.17, 15) is 8.42 Å². The van der Waals surface area contributed by atoms with Gasteiger partial charge in [-0.25, -0.2) is 8.42 Å². The van der Waals surface area contributed by atoms with Crippen molar-refractivity contribution in [2.75, 3.05) is 13.1 Å². The second-order valence-corrected chi connectivity index (χ2v) is 10.5. The molecule has 27 heavy (non-hydrogen) atoms. The molecular weight excluding hydrogens is 384 g/mol. The molecule has 1 aliphatic carbocycles. The number of nitrogens with zero attached hydrogens (tertiary/aromatic N) is 2. The summed E-state index contributed by atoms with van der Waals surface area (Å²) in [5, 5.41) is 4.91. The van der Waals surface area contributed by atoms with Gasteiger partial charge in [-0.2, -0.15) is 4.31 Å². The fraction of sp³-hybridized carbons (Fsp3) is 0.650. The van der Waals surface area contributed by atoms with E-state index in [0.29, 0.717) is 34.5 Å². The minimum Gasteiger partial charge on any atom is -0.387 e. The average Bonchev–Trinajstić information content (AvgIpc) is 3.08. The molecule has 2 aliphatic heterocycles. The lowest BCUT2D eigenvalue weighted by Crippen LogP contribution is -2.50. The maximum atomic E-state index is 13.3. The Morgan fingerprint density at radius 1 is 1.22 bits per heavy atom. The van der Waals surface area contributed by atoms with E-state index >= 15 is 0 Å². The van der Waals surface area contributed by atoms with Crippen molar-refractivity contribution in [2.45, 2.75) is 68.8 Å². The average molecular weight is 411 g/mol. The van der Waals surface area contributed by atoms with Crippen LogP contribution in [0.2, 0.25) is 5.02 Å². The van der Waals surface area contributed by atoms with Crippen molar-refractivity contribution in [3.8, 4) is 0 Å². The molecule has 5 nitrogen and oxygen atoms in total. The van der Waals surface area contributed by atoms with Crippen LogP contribution in [0.15, 0.2) is 28.3 Å². The van der Waals surface area contributed by atoms with Gasteiger partial charge in [0.1, 0.15) is 0 Å². The lowest BCUT2D eigenvalue weighted by Gasteiger charge is -2.38. The van der Waals surface area contributed by atoms with Gasteiger partial charge in [0.2, 0.25) is 10.0 Å². The summed E-state index contributed by atoms with van der Waals surface area (Å²) in [6, 6.07) is 5.05. The molecule has 1 spiro atoms. The van der Waals surface area contributed by atoms with Gasteiger partial charge in [0.15, 0.2) is 5.60 Å². The van der Waals surface area contributed by atoms with Crippen LogP contribution in [0.5, 0.6) is 0 Å². The largest absolute Gasteiger partial charge is 0.387 e. The minimum atomic E-state index is -3.60. The Kier molecular flexibility index (Phi) is 5.25. The number of rotatable bonds is 3. The maximum Gasteiger partial charge on any atom is 0.243 e. The molecular formula is C20H27ClN2O3S. The van der Waals surface area contributed by atoms with E-state index in [4.69, 9.17) is 16.4 Å². The molecule has 4 rings (SSSR count). The van der Waals surface area contributed by atoms with Gasteiger partial charge in [0, 0.05) is 23.9 Å². The molecule has 1 saturated heterocycles. The van der Waals surface area contributed by atoms with Crippen LogP contribution < -0.4 is 0 Å². The fourth-order valence-electron chi connectivity index (χ4n) is 4.69. The van der Waals surface area contributed by atoms with Crippen molar-refractivity contribution in [1.29, 1.82) is 0 Å². The molecule has 1 atom stereocenters. The highest BCUT2D eigenvalue weighted by Crippen LogP contribution is 2.39. The van der Waals surface area contributed by atoms with E-state index in [2.05, 4.69) is 5.16 Å². The summed E-state index contributed by atoms with van der Waals surface area (Å²) in [6.07, 6.45) is 8.58. The molecule has 1 unspecified atom stereocenters. The Labute approximate surface area is 166 Å². The molecule has 1 saturated carbocycles. The van der Waals surface area contributed by atoms with Gasteiger partial charge >= 0.3 is 0 Å². The zero-order valence-corrected chi connectivity index (χ0v) is 17.4. The highest BCUT2D eigenvalue weighted by molar-refractivity contribution is 7.89. The Balaban J connectivity index is 1.52. The molecule has 7 heteroatoms. The third-order valence-corrected chi connectivity index (χ3v) is 8.68. The second-order valence-electron chi connectivity index (χ2n) is 8.17. The van der Waals surface area contributed by atoms with Crippen LogP contribution in [-0.4, -0.2) is 37.1 Å². The standard InChI is InChI=1S/C20H27ClN2O3S/c1-15-17(21)9-5-10-19(15)27(24,25)23-12-6-11-20(14-23)13-18(22-26-20)16-7-3-2-4-8-16/h5,9-10,16H,2-4,6-8,11-14H2,1H3. The van der Waals surface area contributed by atoms with Gasteiger partial charge in [-0.05, 0) is 50.3 Å². The number of hydrogen-bond donors (Lipinski definition) is 0. The van der Waals surface area contributed by atoms with Gasteiger partial charge in [0.05, 0.1) is 17.2 Å². The highest BCUT2D eigenvalue weighted by Gasteiger charge is 2.47. The van der Waals surface area contributed by atoms with Crippen molar-refractivity contribution >= 4 is 27.3 Å². The Morgan fingerprint density at radius 3 is 2.78 bits per heavy atom. The predicted molar refractivity (Wildman–Crippen MR) is 107 cm³/mol. The third kappa shape index (κ3) is 3.64. The number of piperidine rings is 1. The zero-order chi connectivity index (χ0) is 19.1. The summed E-state index contributed by atoms with van der Waals surface area (Å²) in [5.74, 6) is 0.514. The molecule has 3 aliphatic rings. The Hall–Kier alpha value is -1.11. The molecule has 0 amide bonds. The summed E-state index contributed by atoms with van der Waals surface area (Å²) in [6.45, 7) is 2.63. The molecule has 148 valence electrons. The number of sulfonamides is 1. The smallest absolute Gasteiger partial charge is 0.243 e. The van der Waals surface area contributed by atoms with Gasteiger partial charge in [-0.3, -0.25) is 0 Å². The fourth-order valence-corrected chi connectivity index (χ4v) is 6.72. The summed E-state index contributed by atoms with van der Waals surface area (Å²) in [5.41, 5.74) is 1.25. The summed E-state index contributed by atoms with van der Waals surface area (Å²) in [4.78, 5) is 6.21. The third-order valence-electron chi connectivity index (χ3n) is 6.28. The van der Waals surface area contributed by atoms with E-state index in [1.807, 2.05) is 0 Å². The lowest BCUT2D eigenvalue weighted by atomic mass is 9.80. The monoisotopic (exact) mass is 410 g/mol. The SMILES string of the molecule is Cc1c(Cl)cccc1S(=O)(=O)N1CCCC2(CC(C3CCCCC3)=NO2)C1. The molecule has 0 radical (unpaired) electrons. The van der Waals surface area contributed by atoms with Gasteiger partial charge in [0.25, 0.3) is 0 Å². The second kappa shape index (κ2) is 7.37. The molecule has 2 fully saturated rings. The number of hydrogen-bond acceptors (Lipinski definition) is 4. The van der Waals surface area contributed by atoms with Gasteiger partial charge in [-0.1, -0.05) is 42.1 Å². The Morgan fingerprint density at radius 2 is 2.00 bits per heavy atom. The summed E-state index contributed by atoms with van der Waals surface area (Å²) >= 11 is 6.16. The van der Waals surface area contributed by atoms with Crippen LogP contribution in [0, 0.1) is 12.8 Å². The normalized spacial score (nSPS) is 27.6. The van der Waals surface area contributed by atoms with E-state index in [0.717, 1.165) is 25.0 Å². The predicted octanol–water partition coefficient (Wildman–Crippen LogP) is 4.53. The molecule has 1 aromatic rings. The van der Waals surface area contributed by atoms with Crippen LogP contribution in [0.25, 0.3) is 0 Å². The number of benzene rings is 1. The van der Waals surface area contributed by atoms with Crippen molar-refractivity contribution in [3.63, 3.8) is 0 Å². The zero-order valence-electron chi connectivity index (χ0n) is 15.8. The quantitative estimate of drug-likeness (QED) is 0.735. The summed E-state index contributed by atoms with van der Waals surface area (Å²) in [7, 11) is -3.60. The first-order valence-electron chi connectivity index (χ1n) is 9.92. The molecule has 0 N–H and O–H groups in total. The van der Waals surface area contributed by atoms with Crippen molar-refractivity contribution in [2.24, 2.45) is 11.1 Å². The van der Waals surface area contributed by atoms with E-state index in [1.54, 1.807) is 29.4 Å². The first kappa shape index (κ1) is 19.2. The van der Waals surface area contributed by atoms with Crippen LogP contribution in [-0.2, 0) is 14.9 Å². The highest BCUT2D eigenvalue weighted by atomic mass is 35.5. The molecule has 0 bridgehead atoms. The molecule has 0 aromatic heterocycles.